The topological polar surface area (TPSA) is 32.8 Å². The van der Waals surface area contributed by atoms with E-state index in [2.05, 4.69) is 52.9 Å². The molecule has 2 rings (SSSR count). The Kier molecular flexibility index (Phi) is 5.74. The standard InChI is InChI=1S/C18H27BrN2O2/c1-13-8-15(10-16(19)9-13)12-20-6-7-21(14(2)11-20)17(22)23-18(3,4)5/h8-10,14H,6-7,11-12H2,1-5H3. The molecule has 1 unspecified atom stereocenters. The number of amides is 1. The number of nitrogens with zero attached hydrogens (tertiary/aromatic N) is 2. The normalized spacial score (nSPS) is 19.7. The SMILES string of the molecule is Cc1cc(Br)cc(CN2CCN(C(=O)OC(C)(C)C)C(C)C2)c1. The van der Waals surface area contributed by atoms with Crippen LogP contribution in [0.25, 0.3) is 0 Å². The molecule has 1 saturated heterocycles. The molecular weight excluding hydrogens is 356 g/mol. The van der Waals surface area contributed by atoms with Crippen molar-refractivity contribution < 1.29 is 9.53 Å². The van der Waals surface area contributed by atoms with E-state index >= 15 is 0 Å². The van der Waals surface area contributed by atoms with Crippen molar-refractivity contribution >= 4 is 22.0 Å². The Labute approximate surface area is 147 Å². The number of halogens is 1. The van der Waals surface area contributed by atoms with Crippen molar-refractivity contribution in [3.63, 3.8) is 0 Å². The van der Waals surface area contributed by atoms with Gasteiger partial charge in [0.05, 0.1) is 0 Å². The molecule has 128 valence electrons. The zero-order valence-electron chi connectivity index (χ0n) is 14.7. The van der Waals surface area contributed by atoms with Crippen LogP contribution < -0.4 is 0 Å². The van der Waals surface area contributed by atoms with Crippen molar-refractivity contribution in [1.29, 1.82) is 0 Å². The van der Waals surface area contributed by atoms with Crippen LogP contribution in [-0.2, 0) is 11.3 Å². The smallest absolute Gasteiger partial charge is 0.410 e. The number of carbonyl (C=O) groups is 1. The first-order valence-corrected chi connectivity index (χ1v) is 8.91. The number of rotatable bonds is 2. The van der Waals surface area contributed by atoms with E-state index in [0.717, 1.165) is 24.1 Å². The van der Waals surface area contributed by atoms with Crippen LogP contribution in [0.1, 0.15) is 38.8 Å². The zero-order chi connectivity index (χ0) is 17.2. The average Bonchev–Trinajstić information content (AvgIpc) is 2.34. The van der Waals surface area contributed by atoms with Crippen LogP contribution in [0.5, 0.6) is 0 Å². The molecule has 1 aliphatic heterocycles. The van der Waals surface area contributed by atoms with Gasteiger partial charge in [-0.3, -0.25) is 4.90 Å². The fraction of sp³-hybridized carbons (Fsp3) is 0.611. The monoisotopic (exact) mass is 382 g/mol. The first kappa shape index (κ1) is 18.3. The van der Waals surface area contributed by atoms with Gasteiger partial charge in [-0.25, -0.2) is 4.79 Å². The highest BCUT2D eigenvalue weighted by Crippen LogP contribution is 2.20. The molecule has 1 aromatic carbocycles. The largest absolute Gasteiger partial charge is 0.444 e. The first-order chi connectivity index (χ1) is 10.6. The van der Waals surface area contributed by atoms with E-state index in [1.165, 1.54) is 11.1 Å². The van der Waals surface area contributed by atoms with Gasteiger partial charge in [-0.2, -0.15) is 0 Å². The van der Waals surface area contributed by atoms with Gasteiger partial charge in [0.1, 0.15) is 5.60 Å². The molecule has 4 nitrogen and oxygen atoms in total. The number of hydrogen-bond donors (Lipinski definition) is 0. The molecule has 1 heterocycles. The van der Waals surface area contributed by atoms with E-state index < -0.39 is 5.60 Å². The van der Waals surface area contributed by atoms with Gasteiger partial charge in [-0.15, -0.1) is 0 Å². The summed E-state index contributed by atoms with van der Waals surface area (Å²) in [6.45, 7) is 13.3. The van der Waals surface area contributed by atoms with Crippen LogP contribution in [0.3, 0.4) is 0 Å². The zero-order valence-corrected chi connectivity index (χ0v) is 16.3. The first-order valence-electron chi connectivity index (χ1n) is 8.12. The van der Waals surface area contributed by atoms with Crippen molar-refractivity contribution in [2.24, 2.45) is 0 Å². The maximum atomic E-state index is 12.3. The lowest BCUT2D eigenvalue weighted by Gasteiger charge is -2.40. The molecule has 1 atom stereocenters. The van der Waals surface area contributed by atoms with E-state index in [0.29, 0.717) is 6.54 Å². The maximum absolute atomic E-state index is 12.3. The molecule has 0 aliphatic carbocycles. The summed E-state index contributed by atoms with van der Waals surface area (Å²) in [6, 6.07) is 6.66. The van der Waals surface area contributed by atoms with Gasteiger partial charge < -0.3 is 9.64 Å². The quantitative estimate of drug-likeness (QED) is 0.768. The summed E-state index contributed by atoms with van der Waals surface area (Å²) in [5.41, 5.74) is 2.12. The molecule has 0 radical (unpaired) electrons. The van der Waals surface area contributed by atoms with Gasteiger partial charge in [-0.05, 0) is 57.9 Å². The number of aryl methyl sites for hydroxylation is 1. The Morgan fingerprint density at radius 2 is 2.00 bits per heavy atom. The van der Waals surface area contributed by atoms with Crippen molar-refractivity contribution in [3.8, 4) is 0 Å². The highest BCUT2D eigenvalue weighted by Gasteiger charge is 2.30. The lowest BCUT2D eigenvalue weighted by atomic mass is 10.1. The Morgan fingerprint density at radius 1 is 1.30 bits per heavy atom. The van der Waals surface area contributed by atoms with E-state index in [4.69, 9.17) is 4.74 Å². The third-order valence-corrected chi connectivity index (χ3v) is 4.31. The van der Waals surface area contributed by atoms with E-state index in [1.807, 2.05) is 25.7 Å². The summed E-state index contributed by atoms with van der Waals surface area (Å²) in [4.78, 5) is 16.5. The predicted octanol–water partition coefficient (Wildman–Crippen LogP) is 4.20. The molecule has 1 amide bonds. The van der Waals surface area contributed by atoms with Crippen molar-refractivity contribution in [1.82, 2.24) is 9.80 Å². The number of benzene rings is 1. The van der Waals surface area contributed by atoms with Gasteiger partial charge in [-0.1, -0.05) is 22.0 Å². The summed E-state index contributed by atoms with van der Waals surface area (Å²) in [6.07, 6.45) is -0.206. The summed E-state index contributed by atoms with van der Waals surface area (Å²) in [5, 5.41) is 0. The lowest BCUT2D eigenvalue weighted by Crippen LogP contribution is -2.54. The van der Waals surface area contributed by atoms with Gasteiger partial charge in [0.25, 0.3) is 0 Å². The fourth-order valence-corrected chi connectivity index (χ4v) is 3.59. The Hall–Kier alpha value is -1.07. The van der Waals surface area contributed by atoms with Crippen LogP contribution >= 0.6 is 15.9 Å². The predicted molar refractivity (Wildman–Crippen MR) is 96.6 cm³/mol. The van der Waals surface area contributed by atoms with E-state index in [-0.39, 0.29) is 12.1 Å². The fourth-order valence-electron chi connectivity index (χ4n) is 2.93. The van der Waals surface area contributed by atoms with E-state index in [1.54, 1.807) is 0 Å². The molecule has 0 bridgehead atoms. The minimum Gasteiger partial charge on any atom is -0.444 e. The third-order valence-electron chi connectivity index (χ3n) is 3.85. The van der Waals surface area contributed by atoms with Crippen LogP contribution in [-0.4, -0.2) is 47.2 Å². The van der Waals surface area contributed by atoms with Crippen LogP contribution in [0, 0.1) is 6.92 Å². The Balaban J connectivity index is 1.94. The molecule has 0 spiro atoms. The molecule has 5 heteroatoms. The highest BCUT2D eigenvalue weighted by molar-refractivity contribution is 9.10. The number of ether oxygens (including phenoxy) is 1. The van der Waals surface area contributed by atoms with Crippen LogP contribution in [0.15, 0.2) is 22.7 Å². The van der Waals surface area contributed by atoms with Crippen molar-refractivity contribution in [2.45, 2.75) is 52.8 Å². The van der Waals surface area contributed by atoms with E-state index in [9.17, 15) is 4.79 Å². The Morgan fingerprint density at radius 3 is 2.57 bits per heavy atom. The third kappa shape index (κ3) is 5.50. The van der Waals surface area contributed by atoms with Crippen molar-refractivity contribution in [2.75, 3.05) is 19.6 Å². The number of hydrogen-bond acceptors (Lipinski definition) is 3. The molecule has 1 fully saturated rings. The number of carbonyl (C=O) groups excluding carboxylic acids is 1. The second kappa shape index (κ2) is 7.22. The molecule has 0 N–H and O–H groups in total. The summed E-state index contributed by atoms with van der Waals surface area (Å²) in [7, 11) is 0. The van der Waals surface area contributed by atoms with Gasteiger partial charge in [0.15, 0.2) is 0 Å². The summed E-state index contributed by atoms with van der Waals surface area (Å²) < 4.78 is 6.61. The summed E-state index contributed by atoms with van der Waals surface area (Å²) in [5.74, 6) is 0. The van der Waals surface area contributed by atoms with Gasteiger partial charge in [0, 0.05) is 36.7 Å². The van der Waals surface area contributed by atoms with Crippen LogP contribution in [0.4, 0.5) is 4.79 Å². The van der Waals surface area contributed by atoms with Crippen molar-refractivity contribution in [3.05, 3.63) is 33.8 Å². The minimum absolute atomic E-state index is 0.159. The van der Waals surface area contributed by atoms with Gasteiger partial charge in [0.2, 0.25) is 0 Å². The molecular formula is C18H27BrN2O2. The average molecular weight is 383 g/mol. The second-order valence-electron chi connectivity index (χ2n) is 7.39. The maximum Gasteiger partial charge on any atom is 0.410 e. The molecule has 23 heavy (non-hydrogen) atoms. The highest BCUT2D eigenvalue weighted by atomic mass is 79.9. The lowest BCUT2D eigenvalue weighted by molar-refractivity contribution is 0.000562. The second-order valence-corrected chi connectivity index (χ2v) is 8.31. The molecule has 0 saturated carbocycles. The Bertz CT molecular complexity index is 548. The molecule has 0 aromatic heterocycles. The number of piperazine rings is 1. The van der Waals surface area contributed by atoms with Crippen LogP contribution in [0.2, 0.25) is 0 Å². The molecule has 1 aromatic rings. The summed E-state index contributed by atoms with van der Waals surface area (Å²) >= 11 is 3.56. The molecule has 1 aliphatic rings. The minimum atomic E-state index is -0.443. The van der Waals surface area contributed by atoms with Gasteiger partial charge >= 0.3 is 6.09 Å².